The third-order valence-electron chi connectivity index (χ3n) is 14.9. The summed E-state index contributed by atoms with van der Waals surface area (Å²) in [6.45, 7) is 12.3. The standard InChI is InChI=1S/C55H83NO13S/c1-11-27-66-28-29-67-44-25-23-41(32-47(44)64-9)31-37(4)46-34-48(70)38(5)30-39(6)50(58)51(65-10)49(57)36(3)20-16-14-12-13-15-19-35(2)45(63-8)33-42-24-22-40(7)55(62,69-42)52(59)53(60)56-26-18-17-21-43(56)54(61)68-46/h1,12-15,19,30,36-38,40-47,50-51,58,62H,16-18,20-29,31-34H2,2-10H3/b14-12+,15-13+,35-19+,39-30+/t36-,37-,38-,40-,41+,42+,43+,44-,45+,46+,47-,50-,51+,55-/m1/s1. The lowest BCUT2D eigenvalue weighted by Crippen LogP contribution is -2.61. The van der Waals surface area contributed by atoms with Crippen molar-refractivity contribution in [3.63, 3.8) is 0 Å². The smallest absolute Gasteiger partial charge is 0.329 e. The lowest BCUT2D eigenvalue weighted by atomic mass is 9.78. The number of methoxy groups -OCH3 is 3. The highest BCUT2D eigenvalue weighted by Crippen LogP contribution is 2.38. The number of cyclic esters (lactones) is 1. The second-order valence-electron chi connectivity index (χ2n) is 20.1. The van der Waals surface area contributed by atoms with E-state index in [1.165, 1.54) is 12.0 Å². The SMILES string of the molecule is C#CCOCCO[C@@H]1CC[C@@H](C[C@@H](C)[C@@H]2CC(=S)[C@H](C)/C=C(\C)[C@@H](O)[C@@H](OC)C(=O)[C@H](C)CC/C=C/C=C/C=C(\C)[C@@H](OC)C[C@@H]3CC[C@@H](C)[C@@](O)(O3)C(=O)C(=O)N3CCCC[C@H]3C(=O)O2)C[C@H]1OC. The van der Waals surface area contributed by atoms with Crippen LogP contribution < -0.4 is 0 Å². The number of carbonyl (C=O) groups excluding carboxylic acids is 4. The zero-order valence-corrected chi connectivity index (χ0v) is 44.1. The van der Waals surface area contributed by atoms with E-state index in [1.54, 1.807) is 28.1 Å². The van der Waals surface area contributed by atoms with Crippen LogP contribution in [0.5, 0.6) is 0 Å². The van der Waals surface area contributed by atoms with Gasteiger partial charge in [-0.15, -0.1) is 6.42 Å². The van der Waals surface area contributed by atoms with E-state index in [2.05, 4.69) is 5.92 Å². The molecule has 3 fully saturated rings. The Kier molecular flexibility index (Phi) is 24.8. The van der Waals surface area contributed by atoms with Crippen molar-refractivity contribution in [1.29, 1.82) is 0 Å². The van der Waals surface area contributed by atoms with Gasteiger partial charge in [0.25, 0.3) is 11.7 Å². The molecule has 392 valence electrons. The van der Waals surface area contributed by atoms with E-state index in [9.17, 15) is 29.4 Å². The monoisotopic (exact) mass is 998 g/mol. The van der Waals surface area contributed by atoms with Crippen LogP contribution in [0.4, 0.5) is 0 Å². The minimum atomic E-state index is -2.40. The predicted octanol–water partition coefficient (Wildman–Crippen LogP) is 7.41. The molecule has 1 aliphatic carbocycles. The highest BCUT2D eigenvalue weighted by molar-refractivity contribution is 7.80. The number of rotatable bonds is 11. The van der Waals surface area contributed by atoms with Crippen molar-refractivity contribution in [3.8, 4) is 12.3 Å². The minimum absolute atomic E-state index is 0.110. The van der Waals surface area contributed by atoms with Crippen molar-refractivity contribution in [2.24, 2.45) is 29.6 Å². The minimum Gasteiger partial charge on any atom is -0.460 e. The number of amides is 1. The van der Waals surface area contributed by atoms with Crippen LogP contribution in [0.2, 0.25) is 0 Å². The van der Waals surface area contributed by atoms with Gasteiger partial charge in [-0.2, -0.15) is 0 Å². The molecule has 1 saturated carbocycles. The lowest BCUT2D eigenvalue weighted by Gasteiger charge is -2.42. The Hall–Kier alpha value is -3.43. The van der Waals surface area contributed by atoms with E-state index >= 15 is 0 Å². The molecule has 2 saturated heterocycles. The summed E-state index contributed by atoms with van der Waals surface area (Å²) in [5.41, 5.74) is 1.42. The number of nitrogens with zero attached hydrogens (tertiary/aromatic N) is 1. The summed E-state index contributed by atoms with van der Waals surface area (Å²) in [5, 5.41) is 23.5. The van der Waals surface area contributed by atoms with Gasteiger partial charge in [0.05, 0.1) is 37.6 Å². The number of terminal acetylenes is 1. The summed E-state index contributed by atoms with van der Waals surface area (Å²) in [6, 6.07) is -1.08. The molecule has 70 heavy (non-hydrogen) atoms. The number of thiocarbonyl (C=S) groups is 1. The maximum Gasteiger partial charge on any atom is 0.329 e. The van der Waals surface area contributed by atoms with Gasteiger partial charge in [0.1, 0.15) is 31.0 Å². The van der Waals surface area contributed by atoms with Gasteiger partial charge >= 0.3 is 5.97 Å². The van der Waals surface area contributed by atoms with Crippen molar-refractivity contribution >= 4 is 40.5 Å². The molecule has 2 bridgehead atoms. The van der Waals surface area contributed by atoms with Crippen LogP contribution in [-0.4, -0.2) is 146 Å². The maximum atomic E-state index is 14.6. The normalized spacial score (nSPS) is 37.2. The topological polar surface area (TPSA) is 177 Å². The fourth-order valence-corrected chi connectivity index (χ4v) is 10.6. The Morgan fingerprint density at radius 3 is 2.37 bits per heavy atom. The average Bonchev–Trinajstić information content (AvgIpc) is 3.35. The molecule has 15 heteroatoms. The first-order chi connectivity index (χ1) is 33.4. The third kappa shape index (κ3) is 16.5. The summed E-state index contributed by atoms with van der Waals surface area (Å²) >= 11 is 6.08. The zero-order valence-electron chi connectivity index (χ0n) is 43.3. The Labute approximate surface area is 423 Å². The molecule has 4 rings (SSSR count). The van der Waals surface area contributed by atoms with Crippen LogP contribution in [0.15, 0.2) is 47.6 Å². The molecular weight excluding hydrogens is 915 g/mol. The van der Waals surface area contributed by atoms with Gasteiger partial charge in [-0.1, -0.05) is 82.3 Å². The van der Waals surface area contributed by atoms with Gasteiger partial charge in [-0.05, 0) is 107 Å². The van der Waals surface area contributed by atoms with Gasteiger partial charge in [0.15, 0.2) is 5.78 Å². The van der Waals surface area contributed by atoms with Crippen molar-refractivity contribution in [2.75, 3.05) is 47.7 Å². The second kappa shape index (κ2) is 29.3. The van der Waals surface area contributed by atoms with Gasteiger partial charge in [-0.3, -0.25) is 14.4 Å². The number of aliphatic hydroxyl groups excluding tert-OH is 1. The molecule has 14 atom stereocenters. The quantitative estimate of drug-likeness (QED) is 0.0523. The first kappa shape index (κ1) is 59.1. The molecule has 0 aromatic heterocycles. The van der Waals surface area contributed by atoms with E-state index in [0.717, 1.165) is 24.8 Å². The number of esters is 1. The second-order valence-corrected chi connectivity index (χ2v) is 20.6. The molecule has 2 N–H and O–H groups in total. The molecule has 3 heterocycles. The summed E-state index contributed by atoms with van der Waals surface area (Å²) in [6.07, 6.45) is 19.6. The van der Waals surface area contributed by atoms with E-state index in [0.29, 0.717) is 75.0 Å². The highest BCUT2D eigenvalue weighted by Gasteiger charge is 2.53. The van der Waals surface area contributed by atoms with Crippen LogP contribution in [0.1, 0.15) is 125 Å². The van der Waals surface area contributed by atoms with Gasteiger partial charge in [0, 0.05) is 63.3 Å². The molecule has 0 radical (unpaired) electrons. The van der Waals surface area contributed by atoms with Crippen LogP contribution >= 0.6 is 12.2 Å². The average molecular weight is 998 g/mol. The van der Waals surface area contributed by atoms with E-state index in [1.807, 2.05) is 64.2 Å². The fourth-order valence-electron chi connectivity index (χ4n) is 10.3. The van der Waals surface area contributed by atoms with Crippen LogP contribution in [0, 0.1) is 41.9 Å². The lowest BCUT2D eigenvalue weighted by molar-refractivity contribution is -0.265. The molecule has 1 amide bonds. The van der Waals surface area contributed by atoms with Crippen molar-refractivity contribution in [1.82, 2.24) is 4.90 Å². The maximum absolute atomic E-state index is 14.6. The van der Waals surface area contributed by atoms with Gasteiger partial charge < -0.3 is 48.3 Å². The number of piperidine rings is 1. The van der Waals surface area contributed by atoms with Crippen molar-refractivity contribution < 1.29 is 62.5 Å². The number of ketones is 2. The fraction of sp³-hybridized carbons (Fsp3) is 0.727. The summed E-state index contributed by atoms with van der Waals surface area (Å²) in [7, 11) is 4.69. The summed E-state index contributed by atoms with van der Waals surface area (Å²) in [5.74, 6) is -4.33. The molecule has 0 unspecified atom stereocenters. The number of ether oxygens (including phenoxy) is 7. The largest absolute Gasteiger partial charge is 0.460 e. The Morgan fingerprint density at radius 1 is 0.914 bits per heavy atom. The van der Waals surface area contributed by atoms with Crippen LogP contribution in [0.25, 0.3) is 0 Å². The van der Waals surface area contributed by atoms with E-state index in [-0.39, 0.29) is 67.7 Å². The molecule has 4 aliphatic rings. The number of hydrogen-bond donors (Lipinski definition) is 2. The third-order valence-corrected chi connectivity index (χ3v) is 15.5. The predicted molar refractivity (Wildman–Crippen MR) is 272 cm³/mol. The number of carbonyl (C=O) groups is 4. The number of fused-ring (bicyclic) bond motifs is 3. The van der Waals surface area contributed by atoms with Crippen LogP contribution in [0.3, 0.4) is 0 Å². The van der Waals surface area contributed by atoms with Gasteiger partial charge in [-0.25, -0.2) is 4.79 Å². The first-order valence-corrected chi connectivity index (χ1v) is 25.9. The Balaban J connectivity index is 1.66. The van der Waals surface area contributed by atoms with Crippen molar-refractivity contribution in [3.05, 3.63) is 47.6 Å². The molecule has 3 aliphatic heterocycles. The van der Waals surface area contributed by atoms with Crippen LogP contribution in [-0.2, 0) is 52.3 Å². The summed E-state index contributed by atoms with van der Waals surface area (Å²) in [4.78, 5) is 58.7. The Bertz CT molecular complexity index is 1910. The van der Waals surface area contributed by atoms with E-state index < -0.39 is 65.9 Å². The number of allylic oxidation sites excluding steroid dienone is 6. The van der Waals surface area contributed by atoms with E-state index in [4.69, 9.17) is 51.8 Å². The molecule has 0 aromatic rings. The number of Topliss-reactive ketones (excluding diaryl/α,β-unsaturated/α-hetero) is 2. The molecule has 14 nitrogen and oxygen atoms in total. The first-order valence-electron chi connectivity index (χ1n) is 25.5. The zero-order chi connectivity index (χ0) is 51.5. The number of hydrogen-bond acceptors (Lipinski definition) is 14. The van der Waals surface area contributed by atoms with Crippen molar-refractivity contribution in [2.45, 2.75) is 180 Å². The van der Waals surface area contributed by atoms with Gasteiger partial charge in [0.2, 0.25) is 5.79 Å². The number of aliphatic hydroxyl groups is 2. The molecule has 0 spiro atoms. The molecular formula is C55H83NO13S. The highest BCUT2D eigenvalue weighted by atomic mass is 32.1. The molecule has 0 aromatic carbocycles. The Morgan fingerprint density at radius 2 is 1.67 bits per heavy atom. The summed E-state index contributed by atoms with van der Waals surface area (Å²) < 4.78 is 41.6.